The van der Waals surface area contributed by atoms with E-state index in [-0.39, 0.29) is 45.5 Å². The summed E-state index contributed by atoms with van der Waals surface area (Å²) in [6.07, 6.45) is 9.21. The quantitative estimate of drug-likeness (QED) is 0.0817. The van der Waals surface area contributed by atoms with Crippen LogP contribution in [0.15, 0.2) is 24.3 Å². The van der Waals surface area contributed by atoms with E-state index in [1.807, 2.05) is 27.7 Å². The van der Waals surface area contributed by atoms with Crippen LogP contribution in [0.4, 0.5) is 0 Å². The largest absolute Gasteiger partial charge is 0.463 e. The third-order valence-electron chi connectivity index (χ3n) is 12.7. The number of carbonyl (C=O) groups is 6. The highest BCUT2D eigenvalue weighted by molar-refractivity contribution is 5.90. The standard InChI is InChI=1S/C16H30O3.C14H24O3.C10H16O4.C8H10O4/c1-7-14(2,3)13(17)19-16(10-8-9-11-16)15(4,5)12-18-6;1-11(2)12(15)17-14(8-6-7-9-14)13(3,4)10-16-5;1-4-10(2,3)9(12)14-7-5-6-13-8(7)11;1-5(2)7(9)12-6-3-4-11-8(6)10/h7-12H2,1-6H3;1,6-10H2,2-5H3;7H,4-6H2,1-3H3;6H,1,3-4H2,2H3. The fraction of sp³-hybridized carbons (Fsp3) is 0.792. The van der Waals surface area contributed by atoms with E-state index in [0.717, 1.165) is 57.8 Å². The molecule has 4 fully saturated rings. The van der Waals surface area contributed by atoms with Gasteiger partial charge in [0.2, 0.25) is 12.2 Å². The summed E-state index contributed by atoms with van der Waals surface area (Å²) in [5.74, 6) is -2.12. The lowest BCUT2D eigenvalue weighted by Crippen LogP contribution is -2.50. The smallest absolute Gasteiger partial charge is 0.347 e. The average molecular weight is 881 g/mol. The maximum Gasteiger partial charge on any atom is 0.347 e. The number of methoxy groups -OCH3 is 2. The van der Waals surface area contributed by atoms with Gasteiger partial charge in [-0.25, -0.2) is 19.2 Å². The van der Waals surface area contributed by atoms with E-state index in [1.165, 1.54) is 6.92 Å². The van der Waals surface area contributed by atoms with Gasteiger partial charge < -0.3 is 37.9 Å². The lowest BCUT2D eigenvalue weighted by molar-refractivity contribution is -0.189. The molecule has 0 aromatic heterocycles. The molecule has 2 aliphatic heterocycles. The second kappa shape index (κ2) is 24.3. The molecule has 2 unspecified atom stereocenters. The predicted molar refractivity (Wildman–Crippen MR) is 235 cm³/mol. The SMILES string of the molecule is C=C(C)C(=O)OC1(C(C)(C)COC)CCCC1.C=C(C)C(=O)OC1CCOC1=O.CCC(C)(C)C(=O)OC1(C(C)(C)COC)CCCC1.CCC(C)(C)C(=O)OC1CCOC1=O. The van der Waals surface area contributed by atoms with Crippen LogP contribution in [0.1, 0.15) is 160 Å². The number of ether oxygens (including phenoxy) is 8. The third kappa shape index (κ3) is 15.8. The molecule has 4 rings (SSSR count). The lowest BCUT2D eigenvalue weighted by Gasteiger charge is -2.44. The number of hydrogen-bond acceptors (Lipinski definition) is 14. The topological polar surface area (TPSA) is 176 Å². The van der Waals surface area contributed by atoms with Gasteiger partial charge in [-0.15, -0.1) is 0 Å². The molecular formula is C48H80O14. The zero-order valence-corrected chi connectivity index (χ0v) is 40.6. The molecule has 4 aliphatic rings. The maximum absolute atomic E-state index is 12.4. The minimum absolute atomic E-state index is 0.0684. The number of esters is 6. The van der Waals surface area contributed by atoms with E-state index < -0.39 is 40.9 Å². The first-order valence-electron chi connectivity index (χ1n) is 22.1. The zero-order chi connectivity index (χ0) is 47.7. The molecule has 0 spiro atoms. The van der Waals surface area contributed by atoms with Crippen molar-refractivity contribution in [3.05, 3.63) is 24.3 Å². The van der Waals surface area contributed by atoms with Gasteiger partial charge in [-0.2, -0.15) is 0 Å². The van der Waals surface area contributed by atoms with Crippen LogP contribution in [0.3, 0.4) is 0 Å². The Morgan fingerprint density at radius 3 is 1.27 bits per heavy atom. The highest BCUT2D eigenvalue weighted by Gasteiger charge is 2.52. The number of carbonyl (C=O) groups excluding carboxylic acids is 6. The van der Waals surface area contributed by atoms with Crippen molar-refractivity contribution in [2.75, 3.05) is 40.6 Å². The molecule has 0 bridgehead atoms. The van der Waals surface area contributed by atoms with Crippen molar-refractivity contribution >= 4 is 35.8 Å². The Bertz CT molecular complexity index is 1540. The van der Waals surface area contributed by atoms with Crippen molar-refractivity contribution in [2.24, 2.45) is 21.7 Å². The second-order valence-electron chi connectivity index (χ2n) is 19.6. The first-order valence-corrected chi connectivity index (χ1v) is 22.1. The van der Waals surface area contributed by atoms with Gasteiger partial charge >= 0.3 is 35.8 Å². The zero-order valence-electron chi connectivity index (χ0n) is 40.6. The molecule has 2 aliphatic carbocycles. The molecule has 0 amide bonds. The van der Waals surface area contributed by atoms with E-state index in [9.17, 15) is 28.8 Å². The van der Waals surface area contributed by atoms with Crippen molar-refractivity contribution in [2.45, 2.75) is 184 Å². The van der Waals surface area contributed by atoms with Crippen LogP contribution < -0.4 is 0 Å². The van der Waals surface area contributed by atoms with Crippen LogP contribution in [0.25, 0.3) is 0 Å². The maximum atomic E-state index is 12.4. The molecule has 0 aromatic carbocycles. The summed E-state index contributed by atoms with van der Waals surface area (Å²) in [5, 5.41) is 0. The first kappa shape index (κ1) is 56.2. The van der Waals surface area contributed by atoms with Crippen LogP contribution in [0.2, 0.25) is 0 Å². The normalized spacial score (nSPS) is 20.4. The highest BCUT2D eigenvalue weighted by atomic mass is 16.6. The molecule has 2 saturated carbocycles. The van der Waals surface area contributed by atoms with Gasteiger partial charge in [0.05, 0.1) is 37.3 Å². The molecular weight excluding hydrogens is 801 g/mol. The van der Waals surface area contributed by atoms with Gasteiger partial charge in [-0.3, -0.25) is 9.59 Å². The Labute approximate surface area is 371 Å². The third-order valence-corrected chi connectivity index (χ3v) is 12.7. The summed E-state index contributed by atoms with van der Waals surface area (Å²) >= 11 is 0. The molecule has 62 heavy (non-hydrogen) atoms. The second-order valence-corrected chi connectivity index (χ2v) is 19.6. The molecule has 2 atom stereocenters. The van der Waals surface area contributed by atoms with Crippen molar-refractivity contribution in [1.82, 2.24) is 0 Å². The molecule has 0 aromatic rings. The van der Waals surface area contributed by atoms with Gasteiger partial charge in [-0.1, -0.05) is 54.7 Å². The molecule has 2 saturated heterocycles. The summed E-state index contributed by atoms with van der Waals surface area (Å²) in [7, 11) is 3.40. The van der Waals surface area contributed by atoms with E-state index in [2.05, 4.69) is 45.6 Å². The van der Waals surface area contributed by atoms with Crippen molar-refractivity contribution in [3.8, 4) is 0 Å². The highest BCUT2D eigenvalue weighted by Crippen LogP contribution is 2.49. The fourth-order valence-electron chi connectivity index (χ4n) is 7.27. The minimum atomic E-state index is -0.728. The Morgan fingerprint density at radius 2 is 0.952 bits per heavy atom. The van der Waals surface area contributed by atoms with E-state index in [1.54, 1.807) is 35.0 Å². The van der Waals surface area contributed by atoms with Crippen LogP contribution >= 0.6 is 0 Å². The number of rotatable bonds is 16. The summed E-state index contributed by atoms with van der Waals surface area (Å²) in [4.78, 5) is 68.5. The van der Waals surface area contributed by atoms with Crippen LogP contribution in [-0.4, -0.2) is 99.9 Å². The Hall–Kier alpha value is -3.78. The average Bonchev–Trinajstić information content (AvgIpc) is 4.03. The Morgan fingerprint density at radius 1 is 0.597 bits per heavy atom. The number of cyclic esters (lactones) is 2. The predicted octanol–water partition coefficient (Wildman–Crippen LogP) is 8.74. The summed E-state index contributed by atoms with van der Waals surface area (Å²) in [6, 6.07) is 0. The molecule has 356 valence electrons. The number of hydrogen-bond donors (Lipinski definition) is 0. The van der Waals surface area contributed by atoms with E-state index >= 15 is 0 Å². The fourth-order valence-corrected chi connectivity index (χ4v) is 7.27. The molecule has 2 heterocycles. The van der Waals surface area contributed by atoms with Crippen molar-refractivity contribution < 1.29 is 66.7 Å². The first-order chi connectivity index (χ1) is 28.6. The summed E-state index contributed by atoms with van der Waals surface area (Å²) < 4.78 is 41.6. The van der Waals surface area contributed by atoms with Gasteiger partial charge in [0.15, 0.2) is 0 Å². The van der Waals surface area contributed by atoms with Crippen molar-refractivity contribution in [1.29, 1.82) is 0 Å². The molecule has 14 heteroatoms. The monoisotopic (exact) mass is 881 g/mol. The Balaban J connectivity index is 0.000000419. The lowest BCUT2D eigenvalue weighted by atomic mass is 9.73. The summed E-state index contributed by atoms with van der Waals surface area (Å²) in [5.41, 5.74) is -1.23. The van der Waals surface area contributed by atoms with E-state index in [4.69, 9.17) is 33.2 Å². The van der Waals surface area contributed by atoms with Gasteiger partial charge in [-0.05, 0) is 106 Å². The van der Waals surface area contributed by atoms with E-state index in [0.29, 0.717) is 51.3 Å². The van der Waals surface area contributed by atoms with Crippen LogP contribution in [0.5, 0.6) is 0 Å². The molecule has 0 radical (unpaired) electrons. The van der Waals surface area contributed by atoms with Crippen LogP contribution in [0, 0.1) is 21.7 Å². The van der Waals surface area contributed by atoms with Crippen LogP contribution in [-0.2, 0) is 66.7 Å². The molecule has 0 N–H and O–H groups in total. The van der Waals surface area contributed by atoms with Gasteiger partial charge in [0.1, 0.15) is 11.2 Å². The molecule has 14 nitrogen and oxygen atoms in total. The Kier molecular flexibility index (Phi) is 22.1. The summed E-state index contributed by atoms with van der Waals surface area (Å²) in [6.45, 7) is 32.1. The minimum Gasteiger partial charge on any atom is -0.463 e. The van der Waals surface area contributed by atoms with Gasteiger partial charge in [0, 0.05) is 49.0 Å². The van der Waals surface area contributed by atoms with Gasteiger partial charge in [0.25, 0.3) is 0 Å². The van der Waals surface area contributed by atoms with Crippen molar-refractivity contribution in [3.63, 3.8) is 0 Å².